The van der Waals surface area contributed by atoms with E-state index in [-0.39, 0.29) is 5.82 Å². The number of benzene rings is 1. The van der Waals surface area contributed by atoms with Crippen molar-refractivity contribution in [2.45, 2.75) is 44.8 Å². The maximum absolute atomic E-state index is 13.9. The molecule has 1 aliphatic carbocycles. The second-order valence-corrected chi connectivity index (χ2v) is 6.46. The Labute approximate surface area is 127 Å². The van der Waals surface area contributed by atoms with Crippen molar-refractivity contribution in [3.63, 3.8) is 0 Å². The van der Waals surface area contributed by atoms with Crippen LogP contribution in [0, 0.1) is 5.82 Å². The van der Waals surface area contributed by atoms with Gasteiger partial charge in [0.2, 0.25) is 0 Å². The molecule has 2 fully saturated rings. The molecule has 0 bridgehead atoms. The van der Waals surface area contributed by atoms with E-state index in [2.05, 4.69) is 35.2 Å². The number of hydrogen-bond donors (Lipinski definition) is 1. The lowest BCUT2D eigenvalue weighted by atomic mass is 10.1. The predicted octanol–water partition coefficient (Wildman–Crippen LogP) is 2.61. The highest BCUT2D eigenvalue weighted by Crippen LogP contribution is 2.24. The van der Waals surface area contributed by atoms with E-state index in [0.29, 0.717) is 12.1 Å². The van der Waals surface area contributed by atoms with Crippen LogP contribution in [0.4, 0.5) is 10.1 Å². The molecule has 1 saturated heterocycles. The summed E-state index contributed by atoms with van der Waals surface area (Å²) in [6.45, 7) is 6.02. The van der Waals surface area contributed by atoms with Crippen molar-refractivity contribution in [2.75, 3.05) is 31.6 Å². The highest BCUT2D eigenvalue weighted by atomic mass is 19.1. The van der Waals surface area contributed by atoms with E-state index in [1.54, 1.807) is 12.1 Å². The minimum Gasteiger partial charge on any atom is -0.369 e. The van der Waals surface area contributed by atoms with Gasteiger partial charge in [0, 0.05) is 44.0 Å². The number of halogens is 1. The van der Waals surface area contributed by atoms with Gasteiger partial charge in [0.1, 0.15) is 5.82 Å². The van der Waals surface area contributed by atoms with Gasteiger partial charge < -0.3 is 10.2 Å². The molecule has 116 valence electrons. The van der Waals surface area contributed by atoms with Crippen molar-refractivity contribution in [1.29, 1.82) is 0 Å². The second kappa shape index (κ2) is 6.32. The quantitative estimate of drug-likeness (QED) is 0.899. The van der Waals surface area contributed by atoms with Gasteiger partial charge in [-0.05, 0) is 50.1 Å². The van der Waals surface area contributed by atoms with Crippen LogP contribution in [0.15, 0.2) is 18.2 Å². The molecule has 21 heavy (non-hydrogen) atoms. The highest BCUT2D eigenvalue weighted by molar-refractivity contribution is 5.50. The molecule has 3 nitrogen and oxygen atoms in total. The summed E-state index contributed by atoms with van der Waals surface area (Å²) in [6.07, 6.45) is 3.66. The third-order valence-electron chi connectivity index (χ3n) is 4.73. The molecule has 3 rings (SSSR count). The number of nitrogens with one attached hydrogen (secondary N) is 1. The van der Waals surface area contributed by atoms with E-state index in [1.807, 2.05) is 0 Å². The average molecular weight is 291 g/mol. The Hall–Kier alpha value is -1.13. The number of nitrogens with zero attached hydrogens (tertiary/aromatic N) is 2. The predicted molar refractivity (Wildman–Crippen MR) is 85.2 cm³/mol. The number of piperazine rings is 1. The van der Waals surface area contributed by atoms with Crippen molar-refractivity contribution in [1.82, 2.24) is 10.2 Å². The molecule has 1 aromatic rings. The van der Waals surface area contributed by atoms with E-state index in [0.717, 1.165) is 43.9 Å². The summed E-state index contributed by atoms with van der Waals surface area (Å²) in [5, 5.41) is 3.46. The summed E-state index contributed by atoms with van der Waals surface area (Å²) in [7, 11) is 2.18. The highest BCUT2D eigenvalue weighted by Gasteiger charge is 2.24. The molecule has 0 aromatic heterocycles. The van der Waals surface area contributed by atoms with Crippen molar-refractivity contribution < 1.29 is 4.39 Å². The fourth-order valence-electron chi connectivity index (χ4n) is 3.09. The van der Waals surface area contributed by atoms with Crippen LogP contribution in [0.5, 0.6) is 0 Å². The van der Waals surface area contributed by atoms with E-state index in [4.69, 9.17) is 0 Å². The molecule has 1 atom stereocenters. The monoisotopic (exact) mass is 291 g/mol. The van der Waals surface area contributed by atoms with Crippen LogP contribution in [-0.4, -0.2) is 43.7 Å². The molecule has 0 radical (unpaired) electrons. The van der Waals surface area contributed by atoms with E-state index >= 15 is 0 Å². The molecular formula is C17H26FN3. The molecule has 1 aromatic carbocycles. The minimum atomic E-state index is -0.118. The molecule has 1 N–H and O–H groups in total. The zero-order valence-electron chi connectivity index (χ0n) is 13.1. The molecule has 0 amide bonds. The molecule has 1 unspecified atom stereocenters. The lowest BCUT2D eigenvalue weighted by molar-refractivity contribution is 0.213. The van der Waals surface area contributed by atoms with Gasteiger partial charge in [-0.1, -0.05) is 6.92 Å². The first-order valence-corrected chi connectivity index (χ1v) is 8.13. The minimum absolute atomic E-state index is 0.118. The van der Waals surface area contributed by atoms with Crippen LogP contribution in [0.3, 0.4) is 0 Å². The van der Waals surface area contributed by atoms with Gasteiger partial charge in [-0.15, -0.1) is 0 Å². The number of hydrogen-bond acceptors (Lipinski definition) is 3. The van der Waals surface area contributed by atoms with Crippen LogP contribution in [0.1, 0.15) is 31.7 Å². The van der Waals surface area contributed by atoms with Gasteiger partial charge in [0.05, 0.1) is 0 Å². The standard InChI is InChI=1S/C17H26FN3/c1-3-16-12-21(7-6-20(16)2)17-9-13(8-14(18)10-17)11-19-15-4-5-15/h8-10,15-16,19H,3-7,11-12H2,1-2H3. The van der Waals surface area contributed by atoms with Crippen LogP contribution in [-0.2, 0) is 6.54 Å². The Kier molecular flexibility index (Phi) is 4.45. The van der Waals surface area contributed by atoms with Gasteiger partial charge in [-0.2, -0.15) is 0 Å². The van der Waals surface area contributed by atoms with Gasteiger partial charge in [0.25, 0.3) is 0 Å². The molecule has 4 heteroatoms. The zero-order valence-corrected chi connectivity index (χ0v) is 13.1. The van der Waals surface area contributed by atoms with Crippen molar-refractivity contribution in [3.8, 4) is 0 Å². The Morgan fingerprint density at radius 3 is 2.76 bits per heavy atom. The third-order valence-corrected chi connectivity index (χ3v) is 4.73. The molecule has 2 aliphatic rings. The second-order valence-electron chi connectivity index (χ2n) is 6.46. The van der Waals surface area contributed by atoms with Gasteiger partial charge in [-0.25, -0.2) is 4.39 Å². The number of anilines is 1. The molecular weight excluding hydrogens is 265 g/mol. The first-order valence-electron chi connectivity index (χ1n) is 8.13. The lowest BCUT2D eigenvalue weighted by Gasteiger charge is -2.40. The molecule has 1 saturated carbocycles. The van der Waals surface area contributed by atoms with E-state index < -0.39 is 0 Å². The van der Waals surface area contributed by atoms with Crippen LogP contribution < -0.4 is 10.2 Å². The first kappa shape index (κ1) is 14.8. The third kappa shape index (κ3) is 3.74. The van der Waals surface area contributed by atoms with Gasteiger partial charge in [0.15, 0.2) is 0 Å². The molecule has 0 spiro atoms. The first-order chi connectivity index (χ1) is 10.2. The topological polar surface area (TPSA) is 18.5 Å². The summed E-state index contributed by atoms with van der Waals surface area (Å²) in [5.74, 6) is -0.118. The van der Waals surface area contributed by atoms with Crippen molar-refractivity contribution in [2.24, 2.45) is 0 Å². The van der Waals surface area contributed by atoms with E-state index in [1.165, 1.54) is 12.8 Å². The smallest absolute Gasteiger partial charge is 0.125 e. The largest absolute Gasteiger partial charge is 0.369 e. The molecule has 1 heterocycles. The van der Waals surface area contributed by atoms with Gasteiger partial charge in [-0.3, -0.25) is 4.90 Å². The average Bonchev–Trinajstić information content (AvgIpc) is 3.29. The Bertz CT molecular complexity index is 487. The van der Waals surface area contributed by atoms with Crippen LogP contribution >= 0.6 is 0 Å². The zero-order chi connectivity index (χ0) is 14.8. The normalized spacial score (nSPS) is 23.6. The maximum Gasteiger partial charge on any atom is 0.125 e. The van der Waals surface area contributed by atoms with Crippen LogP contribution in [0.25, 0.3) is 0 Å². The fraction of sp³-hybridized carbons (Fsp3) is 0.647. The maximum atomic E-state index is 13.9. The number of rotatable bonds is 5. The summed E-state index contributed by atoms with van der Waals surface area (Å²) >= 11 is 0. The summed E-state index contributed by atoms with van der Waals surface area (Å²) in [5.41, 5.74) is 2.10. The van der Waals surface area contributed by atoms with E-state index in [9.17, 15) is 4.39 Å². The molecule has 1 aliphatic heterocycles. The Morgan fingerprint density at radius 1 is 1.24 bits per heavy atom. The van der Waals surface area contributed by atoms with Gasteiger partial charge >= 0.3 is 0 Å². The van der Waals surface area contributed by atoms with Crippen molar-refractivity contribution in [3.05, 3.63) is 29.6 Å². The summed E-state index contributed by atoms with van der Waals surface area (Å²) < 4.78 is 13.9. The lowest BCUT2D eigenvalue weighted by Crippen LogP contribution is -2.51. The SMILES string of the molecule is CCC1CN(c2cc(F)cc(CNC3CC3)c2)CCN1C. The Balaban J connectivity index is 1.71. The summed E-state index contributed by atoms with van der Waals surface area (Å²) in [4.78, 5) is 4.74. The Morgan fingerprint density at radius 2 is 2.05 bits per heavy atom. The van der Waals surface area contributed by atoms with Crippen LogP contribution in [0.2, 0.25) is 0 Å². The van der Waals surface area contributed by atoms with Crippen molar-refractivity contribution >= 4 is 5.69 Å². The summed E-state index contributed by atoms with van der Waals surface area (Å²) in [6, 6.07) is 6.71. The fourth-order valence-corrected chi connectivity index (χ4v) is 3.09. The number of likely N-dealkylation sites (N-methyl/N-ethyl adjacent to an activating group) is 1.